The Balaban J connectivity index is 2.58. The number of halogens is 1. The van der Waals surface area contributed by atoms with Crippen LogP contribution in [-0.2, 0) is 9.59 Å². The van der Waals surface area contributed by atoms with Gasteiger partial charge in [0, 0.05) is 5.02 Å². The first-order chi connectivity index (χ1) is 10.6. The Hall–Kier alpha value is -1.59. The summed E-state index contributed by atoms with van der Waals surface area (Å²) < 4.78 is 0. The Morgan fingerprint density at radius 2 is 1.78 bits per heavy atom. The van der Waals surface area contributed by atoms with Crippen molar-refractivity contribution in [3.05, 3.63) is 34.9 Å². The van der Waals surface area contributed by atoms with Crippen LogP contribution in [0.15, 0.2) is 24.3 Å². The fourth-order valence-corrected chi connectivity index (χ4v) is 2.61. The first-order valence-electron chi connectivity index (χ1n) is 7.74. The number of nitrogens with one attached hydrogen (secondary N) is 2. The minimum absolute atomic E-state index is 0.0318. The van der Waals surface area contributed by atoms with Crippen LogP contribution in [0.3, 0.4) is 0 Å². The molecule has 23 heavy (non-hydrogen) atoms. The fourth-order valence-electron chi connectivity index (χ4n) is 2.48. The van der Waals surface area contributed by atoms with Gasteiger partial charge in [0.25, 0.3) is 0 Å². The SMILES string of the molecule is CC(C)C[C@@](C)(NCC(=O)N[C@@H](C)c1ccc(Cl)cc1)C(N)=O. The molecule has 0 aliphatic carbocycles. The van der Waals surface area contributed by atoms with E-state index in [2.05, 4.69) is 10.6 Å². The van der Waals surface area contributed by atoms with Gasteiger partial charge in [-0.25, -0.2) is 0 Å². The minimum Gasteiger partial charge on any atom is -0.368 e. The predicted octanol–water partition coefficient (Wildman–Crippen LogP) is 2.40. The molecule has 0 aliphatic rings. The lowest BCUT2D eigenvalue weighted by atomic mass is 9.90. The van der Waals surface area contributed by atoms with Crippen LogP contribution in [0.1, 0.15) is 45.7 Å². The highest BCUT2D eigenvalue weighted by Gasteiger charge is 2.31. The van der Waals surface area contributed by atoms with Crippen LogP contribution < -0.4 is 16.4 Å². The van der Waals surface area contributed by atoms with Gasteiger partial charge in [0.2, 0.25) is 11.8 Å². The van der Waals surface area contributed by atoms with Crippen molar-refractivity contribution < 1.29 is 9.59 Å². The average Bonchev–Trinajstić information content (AvgIpc) is 2.45. The van der Waals surface area contributed by atoms with Crippen LogP contribution in [0.25, 0.3) is 0 Å². The molecule has 2 amide bonds. The lowest BCUT2D eigenvalue weighted by molar-refractivity contribution is -0.125. The lowest BCUT2D eigenvalue weighted by Gasteiger charge is -2.29. The van der Waals surface area contributed by atoms with Gasteiger partial charge in [0.15, 0.2) is 0 Å². The van der Waals surface area contributed by atoms with E-state index in [1.807, 2.05) is 32.9 Å². The number of carbonyl (C=O) groups excluding carboxylic acids is 2. The van der Waals surface area contributed by atoms with Crippen LogP contribution >= 0.6 is 11.6 Å². The third-order valence-corrected chi connectivity index (χ3v) is 4.00. The molecule has 0 fully saturated rings. The summed E-state index contributed by atoms with van der Waals surface area (Å²) in [5.74, 6) is -0.357. The topological polar surface area (TPSA) is 84.2 Å². The van der Waals surface area contributed by atoms with Crippen LogP contribution in [0.5, 0.6) is 0 Å². The second kappa shape index (κ2) is 8.31. The van der Waals surface area contributed by atoms with Crippen molar-refractivity contribution in [1.29, 1.82) is 0 Å². The molecule has 0 spiro atoms. The first-order valence-corrected chi connectivity index (χ1v) is 8.11. The van der Waals surface area contributed by atoms with Crippen molar-refractivity contribution in [2.24, 2.45) is 11.7 Å². The molecule has 1 aromatic carbocycles. The van der Waals surface area contributed by atoms with Gasteiger partial charge in [-0.1, -0.05) is 37.6 Å². The molecule has 0 bridgehead atoms. The van der Waals surface area contributed by atoms with E-state index < -0.39 is 11.4 Å². The van der Waals surface area contributed by atoms with Crippen molar-refractivity contribution in [1.82, 2.24) is 10.6 Å². The molecule has 0 unspecified atom stereocenters. The molecular weight excluding hydrogens is 314 g/mol. The average molecular weight is 340 g/mol. The second-order valence-electron chi connectivity index (χ2n) is 6.49. The van der Waals surface area contributed by atoms with E-state index in [1.54, 1.807) is 19.1 Å². The molecule has 1 aromatic rings. The lowest BCUT2D eigenvalue weighted by Crippen LogP contribution is -2.56. The summed E-state index contributed by atoms with van der Waals surface area (Å²) in [5, 5.41) is 6.52. The van der Waals surface area contributed by atoms with Gasteiger partial charge in [0.05, 0.1) is 18.1 Å². The van der Waals surface area contributed by atoms with E-state index in [0.29, 0.717) is 11.4 Å². The molecule has 5 nitrogen and oxygen atoms in total. The number of benzene rings is 1. The highest BCUT2D eigenvalue weighted by molar-refractivity contribution is 6.30. The summed E-state index contributed by atoms with van der Waals surface area (Å²) in [7, 11) is 0. The first kappa shape index (κ1) is 19.5. The van der Waals surface area contributed by atoms with E-state index in [0.717, 1.165) is 5.56 Å². The van der Waals surface area contributed by atoms with Gasteiger partial charge in [-0.3, -0.25) is 14.9 Å². The van der Waals surface area contributed by atoms with Crippen molar-refractivity contribution in [3.8, 4) is 0 Å². The van der Waals surface area contributed by atoms with Gasteiger partial charge in [-0.15, -0.1) is 0 Å². The second-order valence-corrected chi connectivity index (χ2v) is 6.93. The van der Waals surface area contributed by atoms with Gasteiger partial charge < -0.3 is 11.1 Å². The maximum absolute atomic E-state index is 12.1. The van der Waals surface area contributed by atoms with E-state index in [1.165, 1.54) is 0 Å². The quantitative estimate of drug-likeness (QED) is 0.680. The van der Waals surface area contributed by atoms with Crippen LogP contribution in [-0.4, -0.2) is 23.9 Å². The van der Waals surface area contributed by atoms with E-state index in [4.69, 9.17) is 17.3 Å². The third kappa shape index (κ3) is 6.20. The molecule has 1 rings (SSSR count). The number of rotatable bonds is 8. The number of carbonyl (C=O) groups is 2. The zero-order chi connectivity index (χ0) is 17.6. The van der Waals surface area contributed by atoms with Crippen molar-refractivity contribution >= 4 is 23.4 Å². The Morgan fingerprint density at radius 1 is 1.22 bits per heavy atom. The summed E-state index contributed by atoms with van der Waals surface area (Å²) in [6, 6.07) is 7.15. The largest absolute Gasteiger partial charge is 0.368 e. The zero-order valence-electron chi connectivity index (χ0n) is 14.2. The summed E-state index contributed by atoms with van der Waals surface area (Å²) in [6.07, 6.45) is 0.572. The summed E-state index contributed by atoms with van der Waals surface area (Å²) in [4.78, 5) is 23.8. The summed E-state index contributed by atoms with van der Waals surface area (Å²) >= 11 is 5.85. The van der Waals surface area contributed by atoms with Gasteiger partial charge in [-0.05, 0) is 43.9 Å². The number of nitrogens with two attached hydrogens (primary N) is 1. The standard InChI is InChI=1S/C17H26ClN3O2/c1-11(2)9-17(4,16(19)23)20-10-15(22)21-12(3)13-5-7-14(18)8-6-13/h5-8,11-12,20H,9-10H2,1-4H3,(H2,19,23)(H,21,22)/t12-,17+/m0/s1. The fraction of sp³-hybridized carbons (Fsp3) is 0.529. The van der Waals surface area contributed by atoms with Crippen molar-refractivity contribution in [2.45, 2.75) is 45.7 Å². The smallest absolute Gasteiger partial charge is 0.237 e. The van der Waals surface area contributed by atoms with E-state index in [9.17, 15) is 9.59 Å². The summed E-state index contributed by atoms with van der Waals surface area (Å²) in [6.45, 7) is 7.66. The summed E-state index contributed by atoms with van der Waals surface area (Å²) in [5.41, 5.74) is 5.53. The molecular formula is C17H26ClN3O2. The number of hydrogen-bond acceptors (Lipinski definition) is 3. The Kier molecular flexibility index (Phi) is 7.03. The molecule has 0 aromatic heterocycles. The molecule has 0 saturated heterocycles. The zero-order valence-corrected chi connectivity index (χ0v) is 14.9. The highest BCUT2D eigenvalue weighted by atomic mass is 35.5. The minimum atomic E-state index is -0.894. The van der Waals surface area contributed by atoms with Crippen molar-refractivity contribution in [2.75, 3.05) is 6.54 Å². The van der Waals surface area contributed by atoms with E-state index >= 15 is 0 Å². The number of primary amides is 1. The molecule has 128 valence electrons. The highest BCUT2D eigenvalue weighted by Crippen LogP contribution is 2.17. The normalized spacial score (nSPS) is 15.0. The maximum Gasteiger partial charge on any atom is 0.237 e. The number of amides is 2. The predicted molar refractivity (Wildman–Crippen MR) is 93.1 cm³/mol. The van der Waals surface area contributed by atoms with Gasteiger partial charge in [0.1, 0.15) is 0 Å². The van der Waals surface area contributed by atoms with Gasteiger partial charge >= 0.3 is 0 Å². The van der Waals surface area contributed by atoms with Crippen molar-refractivity contribution in [3.63, 3.8) is 0 Å². The molecule has 2 atom stereocenters. The molecule has 0 heterocycles. The maximum atomic E-state index is 12.1. The molecule has 4 N–H and O–H groups in total. The Morgan fingerprint density at radius 3 is 2.26 bits per heavy atom. The molecule has 0 radical (unpaired) electrons. The molecule has 0 aliphatic heterocycles. The van der Waals surface area contributed by atoms with Gasteiger partial charge in [-0.2, -0.15) is 0 Å². The molecule has 6 heteroatoms. The monoisotopic (exact) mass is 339 g/mol. The molecule has 0 saturated carbocycles. The van der Waals surface area contributed by atoms with Crippen LogP contribution in [0.2, 0.25) is 5.02 Å². The third-order valence-electron chi connectivity index (χ3n) is 3.75. The van der Waals surface area contributed by atoms with E-state index in [-0.39, 0.29) is 24.4 Å². The number of hydrogen-bond donors (Lipinski definition) is 3. The van der Waals surface area contributed by atoms with Crippen LogP contribution in [0.4, 0.5) is 0 Å². The Labute approximate surface area is 143 Å². The van der Waals surface area contributed by atoms with Crippen LogP contribution in [0, 0.1) is 5.92 Å². The Bertz CT molecular complexity index is 545.